The molecule has 0 unspecified atom stereocenters. The van der Waals surface area contributed by atoms with E-state index in [-0.39, 0.29) is 6.61 Å². The zero-order valence-corrected chi connectivity index (χ0v) is 17.6. The number of alkyl carbamates (subject to hydrolysis) is 1. The molecule has 2 N–H and O–H groups in total. The fraction of sp³-hybridized carbons (Fsp3) is 0.167. The van der Waals surface area contributed by atoms with Gasteiger partial charge in [-0.05, 0) is 54.1 Å². The number of hydrogen-bond donors (Lipinski definition) is 2. The van der Waals surface area contributed by atoms with E-state index >= 15 is 0 Å². The number of amides is 1. The molecule has 31 heavy (non-hydrogen) atoms. The van der Waals surface area contributed by atoms with Gasteiger partial charge in [-0.25, -0.2) is 9.78 Å². The molecule has 1 heterocycles. The maximum atomic E-state index is 11.3. The number of ether oxygens (including phenoxy) is 3. The molecule has 0 bridgehead atoms. The fourth-order valence-electron chi connectivity index (χ4n) is 3.34. The highest BCUT2D eigenvalue weighted by atomic mass is 16.5. The van der Waals surface area contributed by atoms with Crippen LogP contribution in [0.1, 0.15) is 5.56 Å². The lowest BCUT2D eigenvalue weighted by Gasteiger charge is -2.15. The zero-order chi connectivity index (χ0) is 21.8. The smallest absolute Gasteiger partial charge is 0.407 e. The summed E-state index contributed by atoms with van der Waals surface area (Å²) in [5.41, 5.74) is 4.41. The number of anilines is 2. The second-order valence-electron chi connectivity index (χ2n) is 6.90. The van der Waals surface area contributed by atoms with Crippen molar-refractivity contribution in [3.8, 4) is 11.5 Å². The molecule has 0 aliphatic carbocycles. The molecule has 0 aliphatic rings. The number of benzene rings is 3. The lowest BCUT2D eigenvalue weighted by Crippen LogP contribution is -2.18. The van der Waals surface area contributed by atoms with Crippen LogP contribution in [0, 0.1) is 0 Å². The lowest BCUT2D eigenvalue weighted by atomic mass is 10.1. The minimum Gasteiger partial charge on any atom is -0.497 e. The third-order valence-corrected chi connectivity index (χ3v) is 4.98. The van der Waals surface area contributed by atoms with Crippen molar-refractivity contribution in [1.82, 2.24) is 10.3 Å². The molecule has 158 valence electrons. The monoisotopic (exact) mass is 417 g/mol. The van der Waals surface area contributed by atoms with Crippen LogP contribution in [0.15, 0.2) is 60.7 Å². The van der Waals surface area contributed by atoms with Gasteiger partial charge in [0.2, 0.25) is 0 Å². The molecule has 3 aromatic carbocycles. The number of methoxy groups -OCH3 is 2. The average molecular weight is 417 g/mol. The van der Waals surface area contributed by atoms with E-state index in [1.54, 1.807) is 14.2 Å². The first-order chi connectivity index (χ1) is 15.1. The van der Waals surface area contributed by atoms with Gasteiger partial charge in [0.1, 0.15) is 18.1 Å². The second kappa shape index (κ2) is 8.79. The highest BCUT2D eigenvalue weighted by Crippen LogP contribution is 2.36. The number of rotatable bonds is 6. The van der Waals surface area contributed by atoms with Crippen molar-refractivity contribution in [2.45, 2.75) is 6.61 Å². The molecule has 0 saturated heterocycles. The Morgan fingerprint density at radius 2 is 1.45 bits per heavy atom. The topological polar surface area (TPSA) is 81.7 Å². The molecule has 7 heteroatoms. The molecule has 4 aromatic rings. The van der Waals surface area contributed by atoms with Gasteiger partial charge >= 0.3 is 6.09 Å². The normalized spacial score (nSPS) is 10.7. The number of fused-ring (bicyclic) bond motifs is 2. The minimum absolute atomic E-state index is 0.204. The average Bonchev–Trinajstić information content (AvgIpc) is 2.82. The maximum absolute atomic E-state index is 11.3. The van der Waals surface area contributed by atoms with Crippen LogP contribution in [0.2, 0.25) is 0 Å². The van der Waals surface area contributed by atoms with Crippen LogP contribution >= 0.6 is 0 Å². The summed E-state index contributed by atoms with van der Waals surface area (Å²) in [5.74, 6) is 1.50. The molecule has 0 saturated carbocycles. The summed E-state index contributed by atoms with van der Waals surface area (Å²) in [6.45, 7) is 0.204. The number of hydrogen-bond acceptors (Lipinski definition) is 6. The number of pyridine rings is 1. The molecule has 0 fully saturated rings. The fourth-order valence-corrected chi connectivity index (χ4v) is 3.34. The van der Waals surface area contributed by atoms with Crippen LogP contribution in [-0.2, 0) is 11.3 Å². The first-order valence-corrected chi connectivity index (χ1v) is 9.77. The molecule has 0 atom stereocenters. The second-order valence-corrected chi connectivity index (χ2v) is 6.90. The lowest BCUT2D eigenvalue weighted by molar-refractivity contribution is 0.142. The van der Waals surface area contributed by atoms with E-state index in [1.165, 1.54) is 7.05 Å². The van der Waals surface area contributed by atoms with E-state index in [2.05, 4.69) is 10.6 Å². The Kier molecular flexibility index (Phi) is 5.75. The van der Waals surface area contributed by atoms with E-state index in [9.17, 15) is 4.79 Å². The van der Waals surface area contributed by atoms with Gasteiger partial charge in [-0.15, -0.1) is 0 Å². The molecule has 0 aliphatic heterocycles. The summed E-state index contributed by atoms with van der Waals surface area (Å²) >= 11 is 0. The Morgan fingerprint density at radius 1 is 0.871 bits per heavy atom. The summed E-state index contributed by atoms with van der Waals surface area (Å²) < 4.78 is 16.0. The number of carbonyl (C=O) groups is 1. The zero-order valence-electron chi connectivity index (χ0n) is 17.6. The highest BCUT2D eigenvalue weighted by Gasteiger charge is 2.12. The van der Waals surface area contributed by atoms with Crippen molar-refractivity contribution >= 4 is 39.3 Å². The highest BCUT2D eigenvalue weighted by molar-refractivity contribution is 6.09. The van der Waals surface area contributed by atoms with Crippen molar-refractivity contribution in [1.29, 1.82) is 0 Å². The Balaban J connectivity index is 1.75. The summed E-state index contributed by atoms with van der Waals surface area (Å²) in [7, 11) is 4.82. The Morgan fingerprint density at radius 3 is 1.97 bits per heavy atom. The predicted octanol–water partition coefficient (Wildman–Crippen LogP) is 5.00. The van der Waals surface area contributed by atoms with Crippen molar-refractivity contribution < 1.29 is 19.0 Å². The molecule has 0 spiro atoms. The van der Waals surface area contributed by atoms with E-state index in [4.69, 9.17) is 19.2 Å². The third kappa shape index (κ3) is 4.30. The minimum atomic E-state index is -0.458. The van der Waals surface area contributed by atoms with Gasteiger partial charge in [0, 0.05) is 23.5 Å². The number of aromatic nitrogens is 1. The van der Waals surface area contributed by atoms with Crippen LogP contribution in [0.25, 0.3) is 21.8 Å². The standard InChI is InChI=1S/C24H23N3O4/c1-25-24(28)31-14-15-4-6-16(7-5-15)26-23-19-12-17(29-2)8-10-21(19)27-22-11-9-18(30-3)13-20(22)23/h4-13H,14H2,1-3H3,(H,25,28)(H,26,27). The van der Waals surface area contributed by atoms with Crippen LogP contribution in [0.4, 0.5) is 16.2 Å². The Hall–Kier alpha value is -4.00. The van der Waals surface area contributed by atoms with E-state index in [0.29, 0.717) is 0 Å². The summed E-state index contributed by atoms with van der Waals surface area (Å²) in [4.78, 5) is 16.1. The predicted molar refractivity (Wildman–Crippen MR) is 121 cm³/mol. The molecule has 7 nitrogen and oxygen atoms in total. The third-order valence-electron chi connectivity index (χ3n) is 4.98. The van der Waals surface area contributed by atoms with Crippen molar-refractivity contribution in [3.63, 3.8) is 0 Å². The van der Waals surface area contributed by atoms with E-state index < -0.39 is 6.09 Å². The van der Waals surface area contributed by atoms with Crippen molar-refractivity contribution in [2.75, 3.05) is 26.6 Å². The quantitative estimate of drug-likeness (QED) is 0.430. The van der Waals surface area contributed by atoms with Crippen LogP contribution in [0.5, 0.6) is 11.5 Å². The van der Waals surface area contributed by atoms with Gasteiger partial charge in [-0.2, -0.15) is 0 Å². The first-order valence-electron chi connectivity index (χ1n) is 9.77. The van der Waals surface area contributed by atoms with Crippen LogP contribution < -0.4 is 20.1 Å². The Labute approximate surface area is 179 Å². The molecular formula is C24H23N3O4. The van der Waals surface area contributed by atoms with Crippen molar-refractivity contribution in [3.05, 3.63) is 66.2 Å². The van der Waals surface area contributed by atoms with Gasteiger partial charge in [-0.1, -0.05) is 12.1 Å². The largest absolute Gasteiger partial charge is 0.497 e. The van der Waals surface area contributed by atoms with Gasteiger partial charge in [0.15, 0.2) is 0 Å². The van der Waals surface area contributed by atoms with E-state index in [1.807, 2.05) is 60.7 Å². The molecule has 1 amide bonds. The van der Waals surface area contributed by atoms with Crippen molar-refractivity contribution in [2.24, 2.45) is 0 Å². The van der Waals surface area contributed by atoms with Gasteiger partial charge < -0.3 is 24.8 Å². The van der Waals surface area contributed by atoms with E-state index in [0.717, 1.165) is 50.2 Å². The summed E-state index contributed by atoms with van der Waals surface area (Å²) in [6, 6.07) is 19.3. The SMILES string of the molecule is CNC(=O)OCc1ccc(Nc2c3cc(OC)ccc3nc3ccc(OC)cc23)cc1. The first kappa shape index (κ1) is 20.3. The maximum Gasteiger partial charge on any atom is 0.407 e. The number of carbonyl (C=O) groups excluding carboxylic acids is 1. The summed E-state index contributed by atoms with van der Waals surface area (Å²) in [5, 5.41) is 7.83. The van der Waals surface area contributed by atoms with Gasteiger partial charge in [0.05, 0.1) is 30.9 Å². The molecule has 4 rings (SSSR count). The van der Waals surface area contributed by atoms with Gasteiger partial charge in [0.25, 0.3) is 0 Å². The Bertz CT molecular complexity index is 1180. The van der Waals surface area contributed by atoms with Gasteiger partial charge in [-0.3, -0.25) is 0 Å². The number of nitrogens with zero attached hydrogens (tertiary/aromatic N) is 1. The molecular weight excluding hydrogens is 394 g/mol. The van der Waals surface area contributed by atoms with Crippen LogP contribution in [-0.4, -0.2) is 32.3 Å². The van der Waals surface area contributed by atoms with Crippen LogP contribution in [0.3, 0.4) is 0 Å². The molecule has 1 aromatic heterocycles. The number of nitrogens with one attached hydrogen (secondary N) is 2. The molecule has 0 radical (unpaired) electrons. The summed E-state index contributed by atoms with van der Waals surface area (Å²) in [6.07, 6.45) is -0.458.